The largest absolute Gasteiger partial charge is 1.00 e. The Balaban J connectivity index is -0.0000000326. The molecule has 0 spiro atoms. The lowest BCUT2D eigenvalue weighted by Gasteiger charge is -1.31. The lowest BCUT2D eigenvalue weighted by Crippen LogP contribution is -3.00. The zero-order chi connectivity index (χ0) is 7.70. The molecule has 0 unspecified atom stereocenters. The van der Waals surface area contributed by atoms with E-state index in [-0.39, 0.29) is 17.9 Å². The van der Waals surface area contributed by atoms with Gasteiger partial charge in [0.05, 0.1) is 0 Å². The van der Waals surface area contributed by atoms with E-state index in [0.717, 1.165) is 0 Å². The molecule has 0 aromatic rings. The van der Waals surface area contributed by atoms with Crippen LogP contribution in [0.2, 0.25) is 0 Å². The van der Waals surface area contributed by atoms with Crippen molar-refractivity contribution in [2.45, 2.75) is 13.8 Å². The molecule has 2 N–H and O–H groups in total. The van der Waals surface area contributed by atoms with Crippen LogP contribution in [-0.4, -0.2) is 5.48 Å². The van der Waals surface area contributed by atoms with Crippen molar-refractivity contribution in [3.8, 4) is 0 Å². The second-order valence-corrected chi connectivity index (χ2v) is 2.25. The van der Waals surface area contributed by atoms with Gasteiger partial charge in [-0.15, -0.1) is 6.58 Å². The fraction of sp³-hybridized carbons (Fsp3) is 0.333. The summed E-state index contributed by atoms with van der Waals surface area (Å²) in [6.45, 7) is 7.33. The van der Waals surface area contributed by atoms with Gasteiger partial charge in [0.1, 0.15) is 0 Å². The lowest BCUT2D eigenvalue weighted by molar-refractivity contribution is -0.446. The quantitative estimate of drug-likeness (QED) is 0.522. The van der Waals surface area contributed by atoms with Gasteiger partial charge in [-0.2, -0.15) is 0 Å². The summed E-state index contributed by atoms with van der Waals surface area (Å²) < 4.78 is 0. The van der Waals surface area contributed by atoms with Crippen LogP contribution in [0.4, 0.5) is 0 Å². The monoisotopic (exact) mass is 240 g/mol. The zero-order valence-corrected chi connectivity index (χ0v) is 9.40. The summed E-state index contributed by atoms with van der Waals surface area (Å²) in [5.41, 5.74) is 2.07. The van der Waals surface area contributed by atoms with Crippen molar-refractivity contribution in [1.82, 2.24) is 0 Å². The normalized spacial score (nSPS) is 8.91. The second-order valence-electron chi connectivity index (χ2n) is 1.21. The van der Waals surface area contributed by atoms with Gasteiger partial charge in [0.2, 0.25) is 10.8 Å². The molecule has 0 aromatic heterocycles. The Labute approximate surface area is 87.5 Å². The van der Waals surface area contributed by atoms with Crippen molar-refractivity contribution in [2.75, 3.05) is 0 Å². The molecule has 1 nitrogen and oxygen atoms in total. The number of hydrogen-bond acceptors (Lipinski definition) is 0. The molecule has 0 aromatic carbocycles. The Morgan fingerprint density at radius 3 is 1.64 bits per heavy atom. The maximum atomic E-state index is 4.11. The standard InChI is InChI=1S/C3H4Cl.C3H6.Cl2.ClH.H2O/c1-3-2-4-3;1-3-2;1-2;;/h2H,1H3;3H,1H2,2H3;;1H;1H2/q+1;;;;/p-1. The average Bonchev–Trinajstić information content (AvgIpc) is 2.59. The fourth-order valence-electron chi connectivity index (χ4n) is 0.0546. The third kappa shape index (κ3) is 60.5. The maximum Gasteiger partial charge on any atom is 0.267 e. The molecular formula is C6H12Cl4O. The van der Waals surface area contributed by atoms with Crippen molar-refractivity contribution in [2.24, 2.45) is 0 Å². The van der Waals surface area contributed by atoms with Crippen LogP contribution in [0.15, 0.2) is 23.2 Å². The van der Waals surface area contributed by atoms with Crippen LogP contribution in [0, 0.1) is 10.8 Å². The Kier molecular flexibility index (Phi) is 46.0. The second kappa shape index (κ2) is 22.4. The third-order valence-corrected chi connectivity index (χ3v) is 0.982. The minimum Gasteiger partial charge on any atom is -1.00 e. The molecule has 0 saturated heterocycles. The molecule has 1 aliphatic heterocycles. The van der Waals surface area contributed by atoms with Crippen LogP contribution < -0.4 is 12.4 Å². The Morgan fingerprint density at radius 1 is 1.55 bits per heavy atom. The van der Waals surface area contributed by atoms with E-state index in [1.165, 1.54) is 5.03 Å². The molecule has 70 valence electrons. The highest BCUT2D eigenvalue weighted by molar-refractivity contribution is 6.85. The van der Waals surface area contributed by atoms with Crippen LogP contribution >= 0.6 is 21.7 Å². The Hall–Kier alpha value is 0.600. The van der Waals surface area contributed by atoms with E-state index in [1.807, 2.05) is 6.92 Å². The highest BCUT2D eigenvalue weighted by Gasteiger charge is 2.22. The topological polar surface area (TPSA) is 31.5 Å². The molecule has 0 amide bonds. The Morgan fingerprint density at radius 2 is 1.64 bits per heavy atom. The number of halogens is 4. The van der Waals surface area contributed by atoms with E-state index >= 15 is 0 Å². The number of hydrogen-bond donors (Lipinski definition) is 0. The first-order valence-corrected chi connectivity index (χ1v) is 4.28. The van der Waals surface area contributed by atoms with Gasteiger partial charge in [-0.05, 0) is 6.92 Å². The van der Waals surface area contributed by atoms with Crippen molar-refractivity contribution >= 4 is 21.7 Å². The molecule has 11 heavy (non-hydrogen) atoms. The predicted molar refractivity (Wildman–Crippen MR) is 44.9 cm³/mol. The van der Waals surface area contributed by atoms with E-state index in [2.05, 4.69) is 51.5 Å². The van der Waals surface area contributed by atoms with Crippen molar-refractivity contribution in [3.05, 3.63) is 23.2 Å². The molecular weight excluding hydrogens is 230 g/mol. The minimum atomic E-state index is 0. The van der Waals surface area contributed by atoms with E-state index < -0.39 is 0 Å². The molecule has 1 aliphatic rings. The van der Waals surface area contributed by atoms with Crippen LogP contribution in [0.3, 0.4) is 0 Å². The van der Waals surface area contributed by atoms with Gasteiger partial charge < -0.3 is 17.9 Å². The molecule has 0 fully saturated rings. The van der Waals surface area contributed by atoms with Crippen LogP contribution in [0.5, 0.6) is 0 Å². The average molecular weight is 242 g/mol. The van der Waals surface area contributed by atoms with Crippen LogP contribution in [0.1, 0.15) is 13.8 Å². The van der Waals surface area contributed by atoms with E-state index in [4.69, 9.17) is 0 Å². The van der Waals surface area contributed by atoms with Crippen LogP contribution in [0.25, 0.3) is 0 Å². The zero-order valence-electron chi connectivity index (χ0n) is 6.37. The highest BCUT2D eigenvalue weighted by Crippen LogP contribution is 2.10. The van der Waals surface area contributed by atoms with E-state index in [9.17, 15) is 0 Å². The maximum absolute atomic E-state index is 4.11. The fourth-order valence-corrected chi connectivity index (χ4v) is 0.164. The summed E-state index contributed by atoms with van der Waals surface area (Å²) in [6.07, 6.45) is 1.75. The molecule has 5 heteroatoms. The van der Waals surface area contributed by atoms with Gasteiger partial charge in [-0.1, -0.05) is 6.08 Å². The van der Waals surface area contributed by atoms with Gasteiger partial charge >= 0.3 is 0 Å². The summed E-state index contributed by atoms with van der Waals surface area (Å²) in [5.74, 6) is 0. The SMILES string of the molecule is C=CC.CC1=C[Cl+]1.ClCl.O.[Cl-]. The van der Waals surface area contributed by atoms with Gasteiger partial charge in [-0.25, -0.2) is 0 Å². The summed E-state index contributed by atoms with van der Waals surface area (Å²) in [4.78, 5) is 0. The molecule has 0 bridgehead atoms. The molecule has 0 saturated carbocycles. The van der Waals surface area contributed by atoms with Crippen molar-refractivity contribution in [3.63, 3.8) is 0 Å². The summed E-state index contributed by atoms with van der Waals surface area (Å²) >= 11 is 0. The molecule has 1 rings (SSSR count). The summed E-state index contributed by atoms with van der Waals surface area (Å²) in [6, 6.07) is 0. The molecule has 0 aliphatic carbocycles. The molecule has 1 heterocycles. The molecule has 0 radical (unpaired) electrons. The summed E-state index contributed by atoms with van der Waals surface area (Å²) in [5, 5.41) is 1.40. The van der Waals surface area contributed by atoms with Gasteiger partial charge in [0, 0.05) is 28.6 Å². The van der Waals surface area contributed by atoms with Crippen molar-refractivity contribution in [1.29, 1.82) is 0 Å². The van der Waals surface area contributed by atoms with E-state index in [1.54, 1.807) is 6.08 Å². The van der Waals surface area contributed by atoms with Gasteiger partial charge in [0.15, 0.2) is 0 Å². The molecule has 0 atom stereocenters. The smallest absolute Gasteiger partial charge is 0.267 e. The van der Waals surface area contributed by atoms with Gasteiger partial charge in [0.25, 0.3) is 10.6 Å². The first kappa shape index (κ1) is 22.6. The number of allylic oxidation sites excluding steroid dienone is 2. The Bertz CT molecular complexity index is 92.6. The number of rotatable bonds is 0. The van der Waals surface area contributed by atoms with Gasteiger partial charge in [-0.3, -0.25) is 0 Å². The third-order valence-electron chi connectivity index (χ3n) is 0.327. The lowest BCUT2D eigenvalue weighted by atomic mass is 10.8. The predicted octanol–water partition coefficient (Wildman–Crippen LogP) is -0.303. The first-order valence-electron chi connectivity index (χ1n) is 2.32. The van der Waals surface area contributed by atoms with Crippen LogP contribution in [-0.2, 0) is 0 Å². The van der Waals surface area contributed by atoms with E-state index in [0.29, 0.717) is 0 Å². The first-order chi connectivity index (χ1) is 4.31. The van der Waals surface area contributed by atoms with Crippen molar-refractivity contribution < 1.29 is 28.7 Å². The highest BCUT2D eigenvalue weighted by atomic mass is 36.5. The minimum absolute atomic E-state index is 0. The summed E-state index contributed by atoms with van der Waals surface area (Å²) in [7, 11) is 10.4.